The minimum Gasteiger partial charge on any atom is -0.466 e. The highest BCUT2D eigenvalue weighted by atomic mass is 16.5. The number of methoxy groups -OCH3 is 1. The van der Waals surface area contributed by atoms with Crippen LogP contribution in [-0.2, 0) is 11.3 Å². The maximum Gasteiger partial charge on any atom is 0.341 e. The van der Waals surface area contributed by atoms with Crippen molar-refractivity contribution in [2.24, 2.45) is 0 Å². The number of nitrogens with zero attached hydrogens (tertiary/aromatic N) is 2. The summed E-state index contributed by atoms with van der Waals surface area (Å²) in [6.07, 6.45) is 2.99. The number of carbonyl (C=O) groups excluding carboxylic acids is 1. The van der Waals surface area contributed by atoms with Crippen LogP contribution in [-0.4, -0.2) is 22.9 Å². The Balaban J connectivity index is 2.03. The number of aromatic nitrogens is 2. The van der Waals surface area contributed by atoms with Crippen LogP contribution in [0.1, 0.15) is 16.1 Å². The maximum absolute atomic E-state index is 12.3. The standard InChI is InChI=1S/C15H12N2O4/c1-20-15(19)12-6-7-21-13(12)9-17-14(18)11-5-3-2-4-10(11)8-16-17/h2-8H,9H2,1H3. The number of benzene rings is 1. The number of rotatable bonds is 3. The molecule has 0 saturated carbocycles. The number of ether oxygens (including phenoxy) is 1. The van der Waals surface area contributed by atoms with Crippen LogP contribution in [0.2, 0.25) is 0 Å². The second kappa shape index (κ2) is 5.24. The molecule has 1 aromatic carbocycles. The van der Waals surface area contributed by atoms with Crippen molar-refractivity contribution in [1.29, 1.82) is 0 Å². The minimum absolute atomic E-state index is 0.0705. The maximum atomic E-state index is 12.3. The SMILES string of the molecule is COC(=O)c1ccoc1Cn1ncc2ccccc2c1=O. The Kier molecular flexibility index (Phi) is 3.27. The largest absolute Gasteiger partial charge is 0.466 e. The molecule has 2 aromatic heterocycles. The molecule has 0 unspecified atom stereocenters. The van der Waals surface area contributed by atoms with Gasteiger partial charge >= 0.3 is 5.97 Å². The summed E-state index contributed by atoms with van der Waals surface area (Å²) in [7, 11) is 1.29. The summed E-state index contributed by atoms with van der Waals surface area (Å²) in [4.78, 5) is 23.9. The first-order valence-corrected chi connectivity index (χ1v) is 6.30. The van der Waals surface area contributed by atoms with Crippen LogP contribution < -0.4 is 5.56 Å². The molecule has 6 heteroatoms. The lowest BCUT2D eigenvalue weighted by molar-refractivity contribution is 0.0598. The third kappa shape index (κ3) is 2.31. The number of furan rings is 1. The van der Waals surface area contributed by atoms with E-state index in [-0.39, 0.29) is 12.1 Å². The Bertz CT molecular complexity index is 863. The van der Waals surface area contributed by atoms with Crippen molar-refractivity contribution in [1.82, 2.24) is 9.78 Å². The van der Waals surface area contributed by atoms with E-state index in [0.29, 0.717) is 16.7 Å². The molecule has 3 aromatic rings. The zero-order valence-corrected chi connectivity index (χ0v) is 11.3. The highest BCUT2D eigenvalue weighted by Crippen LogP contribution is 2.13. The van der Waals surface area contributed by atoms with Crippen molar-refractivity contribution in [3.63, 3.8) is 0 Å². The van der Waals surface area contributed by atoms with Crippen molar-refractivity contribution < 1.29 is 13.9 Å². The van der Waals surface area contributed by atoms with Gasteiger partial charge in [0.15, 0.2) is 0 Å². The van der Waals surface area contributed by atoms with Gasteiger partial charge in [-0.2, -0.15) is 5.10 Å². The third-order valence-electron chi connectivity index (χ3n) is 3.21. The lowest BCUT2D eigenvalue weighted by atomic mass is 10.2. The van der Waals surface area contributed by atoms with E-state index in [1.807, 2.05) is 12.1 Å². The molecule has 0 spiro atoms. The fourth-order valence-electron chi connectivity index (χ4n) is 2.13. The lowest BCUT2D eigenvalue weighted by Crippen LogP contribution is -2.23. The molecule has 21 heavy (non-hydrogen) atoms. The van der Waals surface area contributed by atoms with E-state index in [9.17, 15) is 9.59 Å². The number of esters is 1. The van der Waals surface area contributed by atoms with E-state index in [4.69, 9.17) is 4.42 Å². The smallest absolute Gasteiger partial charge is 0.341 e. The lowest BCUT2D eigenvalue weighted by Gasteiger charge is -2.05. The van der Waals surface area contributed by atoms with Crippen LogP contribution in [0.15, 0.2) is 52.0 Å². The molecular formula is C15H12N2O4. The average Bonchev–Trinajstić information content (AvgIpc) is 2.98. The molecule has 0 N–H and O–H groups in total. The molecule has 0 atom stereocenters. The van der Waals surface area contributed by atoms with E-state index in [0.717, 1.165) is 5.39 Å². The molecule has 0 aliphatic heterocycles. The summed E-state index contributed by atoms with van der Waals surface area (Å²) < 4.78 is 11.2. The summed E-state index contributed by atoms with van der Waals surface area (Å²) in [5.74, 6) is -0.167. The summed E-state index contributed by atoms with van der Waals surface area (Å²) in [5.41, 5.74) is 0.0553. The summed E-state index contributed by atoms with van der Waals surface area (Å²) in [5, 5.41) is 5.44. The van der Waals surface area contributed by atoms with Crippen LogP contribution >= 0.6 is 0 Å². The highest BCUT2D eigenvalue weighted by Gasteiger charge is 2.16. The molecule has 0 amide bonds. The van der Waals surface area contributed by atoms with Gasteiger partial charge in [0.25, 0.3) is 5.56 Å². The van der Waals surface area contributed by atoms with Gasteiger partial charge in [0.05, 0.1) is 25.0 Å². The Labute approximate surface area is 119 Å². The Morgan fingerprint density at radius 2 is 2.14 bits per heavy atom. The zero-order chi connectivity index (χ0) is 14.8. The minimum atomic E-state index is -0.507. The summed E-state index contributed by atoms with van der Waals surface area (Å²) in [6, 6.07) is 8.70. The molecule has 0 aliphatic rings. The number of hydrogen-bond acceptors (Lipinski definition) is 5. The predicted octanol–water partition coefficient (Wildman–Crippen LogP) is 1.82. The quantitative estimate of drug-likeness (QED) is 0.686. The number of fused-ring (bicyclic) bond motifs is 1. The van der Waals surface area contributed by atoms with Crippen LogP contribution in [0.25, 0.3) is 10.8 Å². The molecule has 0 fully saturated rings. The van der Waals surface area contributed by atoms with Gasteiger partial charge in [0, 0.05) is 5.39 Å². The van der Waals surface area contributed by atoms with E-state index >= 15 is 0 Å². The second-order valence-electron chi connectivity index (χ2n) is 4.44. The van der Waals surface area contributed by atoms with Gasteiger partial charge in [-0.3, -0.25) is 4.79 Å². The fraction of sp³-hybridized carbons (Fsp3) is 0.133. The van der Waals surface area contributed by atoms with E-state index in [1.165, 1.54) is 24.1 Å². The molecule has 3 rings (SSSR count). The van der Waals surface area contributed by atoms with Crippen molar-refractivity contribution in [3.05, 3.63) is 64.5 Å². The molecular weight excluding hydrogens is 272 g/mol. The van der Waals surface area contributed by atoms with E-state index in [2.05, 4.69) is 9.84 Å². The van der Waals surface area contributed by atoms with Crippen molar-refractivity contribution in [3.8, 4) is 0 Å². The Hall–Kier alpha value is -2.89. The van der Waals surface area contributed by atoms with Gasteiger partial charge in [-0.1, -0.05) is 18.2 Å². The molecule has 0 radical (unpaired) electrons. The molecule has 6 nitrogen and oxygen atoms in total. The average molecular weight is 284 g/mol. The van der Waals surface area contributed by atoms with Crippen molar-refractivity contribution >= 4 is 16.7 Å². The summed E-state index contributed by atoms with van der Waals surface area (Å²) in [6.45, 7) is 0.0705. The van der Waals surface area contributed by atoms with Crippen molar-refractivity contribution in [2.75, 3.05) is 7.11 Å². The van der Waals surface area contributed by atoms with Gasteiger partial charge in [-0.15, -0.1) is 0 Å². The molecule has 2 heterocycles. The highest BCUT2D eigenvalue weighted by molar-refractivity contribution is 5.90. The topological polar surface area (TPSA) is 74.3 Å². The Morgan fingerprint density at radius 1 is 1.33 bits per heavy atom. The fourth-order valence-corrected chi connectivity index (χ4v) is 2.13. The van der Waals surface area contributed by atoms with Gasteiger partial charge in [-0.05, 0) is 12.1 Å². The monoisotopic (exact) mass is 284 g/mol. The second-order valence-corrected chi connectivity index (χ2v) is 4.44. The van der Waals surface area contributed by atoms with Gasteiger partial charge in [-0.25, -0.2) is 9.48 Å². The van der Waals surface area contributed by atoms with Crippen LogP contribution in [0.5, 0.6) is 0 Å². The van der Waals surface area contributed by atoms with Crippen molar-refractivity contribution in [2.45, 2.75) is 6.54 Å². The first-order chi connectivity index (χ1) is 10.2. The van der Waals surface area contributed by atoms with Crippen LogP contribution in [0.4, 0.5) is 0 Å². The van der Waals surface area contributed by atoms with Crippen LogP contribution in [0.3, 0.4) is 0 Å². The normalized spacial score (nSPS) is 10.7. The van der Waals surface area contributed by atoms with Gasteiger partial charge in [0.1, 0.15) is 17.9 Å². The van der Waals surface area contributed by atoms with Gasteiger partial charge in [0.2, 0.25) is 0 Å². The zero-order valence-electron chi connectivity index (χ0n) is 11.3. The van der Waals surface area contributed by atoms with E-state index < -0.39 is 5.97 Å². The number of carbonyl (C=O) groups is 1. The first kappa shape index (κ1) is 13.1. The van der Waals surface area contributed by atoms with E-state index in [1.54, 1.807) is 18.3 Å². The molecule has 0 aliphatic carbocycles. The first-order valence-electron chi connectivity index (χ1n) is 6.30. The molecule has 106 valence electrons. The molecule has 0 saturated heterocycles. The summed E-state index contributed by atoms with van der Waals surface area (Å²) >= 11 is 0. The number of hydrogen-bond donors (Lipinski definition) is 0. The predicted molar refractivity (Wildman–Crippen MR) is 75.2 cm³/mol. The third-order valence-corrected chi connectivity index (χ3v) is 3.21. The Morgan fingerprint density at radius 3 is 2.95 bits per heavy atom. The van der Waals surface area contributed by atoms with Crippen LogP contribution in [0, 0.1) is 0 Å². The molecule has 0 bridgehead atoms. The van der Waals surface area contributed by atoms with Gasteiger partial charge < -0.3 is 9.15 Å².